The highest BCUT2D eigenvalue weighted by Crippen LogP contribution is 2.40. The molecule has 0 aliphatic heterocycles. The number of nitrogens with one attached hydrogen (secondary N) is 2. The summed E-state index contributed by atoms with van der Waals surface area (Å²) >= 11 is 6.57. The Morgan fingerprint density at radius 2 is 1.73 bits per heavy atom. The van der Waals surface area contributed by atoms with Gasteiger partial charge in [0.05, 0.1) is 5.54 Å². The van der Waals surface area contributed by atoms with Crippen LogP contribution in [0.1, 0.15) is 63.4 Å². The summed E-state index contributed by atoms with van der Waals surface area (Å²) in [5, 5.41) is 8.57. The minimum absolute atomic E-state index is 0.0198. The molecule has 0 saturated heterocycles. The van der Waals surface area contributed by atoms with Crippen molar-refractivity contribution in [2.75, 3.05) is 7.05 Å². The molecule has 3 heteroatoms. The molecule has 0 aromatic heterocycles. The first kappa shape index (κ1) is 16.3. The highest BCUT2D eigenvalue weighted by molar-refractivity contribution is 6.31. The molecule has 2 nitrogen and oxygen atoms in total. The summed E-state index contributed by atoms with van der Waals surface area (Å²) in [6.07, 6.45) is 11.8. The molecule has 1 aromatic rings. The average Bonchev–Trinajstić information content (AvgIpc) is 2.57. The maximum Gasteiger partial charge on any atom is 0.0602 e. The van der Waals surface area contributed by atoms with Crippen LogP contribution < -0.4 is 10.6 Å². The van der Waals surface area contributed by atoms with Gasteiger partial charge in [-0.3, -0.25) is 0 Å². The van der Waals surface area contributed by atoms with E-state index in [1.54, 1.807) is 0 Å². The first-order valence-electron chi connectivity index (χ1n) is 8.96. The normalized spacial score (nSPS) is 30.4. The SMILES string of the molecule is CN[C@@]1(c2ccccc2Cl)CCCC[C@H]1NC1CCCCC1. The molecule has 2 aliphatic carbocycles. The van der Waals surface area contributed by atoms with E-state index in [9.17, 15) is 0 Å². The molecule has 2 aliphatic rings. The van der Waals surface area contributed by atoms with Crippen molar-refractivity contribution in [3.63, 3.8) is 0 Å². The first-order valence-corrected chi connectivity index (χ1v) is 9.34. The zero-order valence-corrected chi connectivity index (χ0v) is 14.5. The Morgan fingerprint density at radius 1 is 1.00 bits per heavy atom. The lowest BCUT2D eigenvalue weighted by molar-refractivity contribution is 0.156. The van der Waals surface area contributed by atoms with Crippen LogP contribution in [0.2, 0.25) is 5.02 Å². The zero-order valence-electron chi connectivity index (χ0n) is 13.7. The predicted octanol–water partition coefficient (Wildman–Crippen LogP) is 4.62. The Kier molecular flexibility index (Phi) is 5.43. The van der Waals surface area contributed by atoms with Crippen molar-refractivity contribution < 1.29 is 0 Å². The molecule has 2 saturated carbocycles. The van der Waals surface area contributed by atoms with Crippen LogP contribution in [0, 0.1) is 0 Å². The quantitative estimate of drug-likeness (QED) is 0.846. The van der Waals surface area contributed by atoms with Gasteiger partial charge in [-0.15, -0.1) is 0 Å². The first-order chi connectivity index (χ1) is 10.8. The van der Waals surface area contributed by atoms with Gasteiger partial charge in [0.25, 0.3) is 0 Å². The molecule has 22 heavy (non-hydrogen) atoms. The van der Waals surface area contributed by atoms with E-state index >= 15 is 0 Å². The molecule has 2 atom stereocenters. The summed E-state index contributed by atoms with van der Waals surface area (Å²) in [7, 11) is 2.10. The van der Waals surface area contributed by atoms with Crippen LogP contribution in [-0.2, 0) is 5.54 Å². The largest absolute Gasteiger partial charge is 0.309 e. The van der Waals surface area contributed by atoms with Crippen molar-refractivity contribution in [1.29, 1.82) is 0 Å². The van der Waals surface area contributed by atoms with Gasteiger partial charge in [-0.05, 0) is 44.4 Å². The van der Waals surface area contributed by atoms with E-state index in [2.05, 4.69) is 29.8 Å². The molecule has 2 fully saturated rings. The van der Waals surface area contributed by atoms with Gasteiger partial charge >= 0.3 is 0 Å². The molecule has 0 amide bonds. The van der Waals surface area contributed by atoms with Gasteiger partial charge in [0.1, 0.15) is 0 Å². The van der Waals surface area contributed by atoms with Gasteiger partial charge in [0, 0.05) is 17.1 Å². The molecule has 122 valence electrons. The Labute approximate surface area is 140 Å². The van der Waals surface area contributed by atoms with Crippen molar-refractivity contribution in [2.24, 2.45) is 0 Å². The molecule has 0 bridgehead atoms. The van der Waals surface area contributed by atoms with Crippen molar-refractivity contribution in [3.05, 3.63) is 34.9 Å². The molecule has 0 radical (unpaired) electrons. The van der Waals surface area contributed by atoms with E-state index in [1.165, 1.54) is 56.9 Å². The molecule has 2 N–H and O–H groups in total. The molecular weight excluding hydrogens is 292 g/mol. The lowest BCUT2D eigenvalue weighted by Crippen LogP contribution is -2.60. The van der Waals surface area contributed by atoms with Gasteiger partial charge < -0.3 is 10.6 Å². The Hall–Kier alpha value is -0.570. The summed E-state index contributed by atoms with van der Waals surface area (Å²) in [6.45, 7) is 0. The number of hydrogen-bond acceptors (Lipinski definition) is 2. The molecular formula is C19H29ClN2. The monoisotopic (exact) mass is 320 g/mol. The van der Waals surface area contributed by atoms with E-state index in [4.69, 9.17) is 11.6 Å². The van der Waals surface area contributed by atoms with Gasteiger partial charge in [-0.25, -0.2) is 0 Å². The van der Waals surface area contributed by atoms with Crippen molar-refractivity contribution in [3.8, 4) is 0 Å². The average molecular weight is 321 g/mol. The Morgan fingerprint density at radius 3 is 2.45 bits per heavy atom. The van der Waals surface area contributed by atoms with Crippen molar-refractivity contribution in [2.45, 2.75) is 75.4 Å². The van der Waals surface area contributed by atoms with Gasteiger partial charge in [0.15, 0.2) is 0 Å². The summed E-state index contributed by atoms with van der Waals surface area (Å²) in [6, 6.07) is 9.55. The van der Waals surface area contributed by atoms with E-state index < -0.39 is 0 Å². The van der Waals surface area contributed by atoms with Crippen LogP contribution >= 0.6 is 11.6 Å². The van der Waals surface area contributed by atoms with Crippen LogP contribution in [-0.4, -0.2) is 19.1 Å². The van der Waals surface area contributed by atoms with Crippen LogP contribution in [0.25, 0.3) is 0 Å². The fourth-order valence-corrected chi connectivity index (χ4v) is 4.84. The van der Waals surface area contributed by atoms with Crippen molar-refractivity contribution in [1.82, 2.24) is 10.6 Å². The van der Waals surface area contributed by atoms with Crippen LogP contribution in [0.4, 0.5) is 0 Å². The molecule has 0 heterocycles. The number of likely N-dealkylation sites (N-methyl/N-ethyl adjacent to an activating group) is 1. The summed E-state index contributed by atoms with van der Waals surface area (Å²) in [4.78, 5) is 0. The smallest absolute Gasteiger partial charge is 0.0602 e. The highest BCUT2D eigenvalue weighted by atomic mass is 35.5. The topological polar surface area (TPSA) is 24.1 Å². The Bertz CT molecular complexity index is 484. The second kappa shape index (κ2) is 7.33. The third kappa shape index (κ3) is 3.20. The number of hydrogen-bond donors (Lipinski definition) is 2. The molecule has 3 rings (SSSR count). The predicted molar refractivity (Wildman–Crippen MR) is 94.5 cm³/mol. The number of rotatable bonds is 4. The van der Waals surface area contributed by atoms with Gasteiger partial charge in [-0.2, -0.15) is 0 Å². The molecule has 1 aromatic carbocycles. The number of halogens is 1. The molecule has 0 spiro atoms. The lowest BCUT2D eigenvalue weighted by Gasteiger charge is -2.47. The summed E-state index contributed by atoms with van der Waals surface area (Å²) in [5.74, 6) is 0. The molecule has 0 unspecified atom stereocenters. The maximum atomic E-state index is 6.57. The lowest BCUT2D eigenvalue weighted by atomic mass is 9.72. The summed E-state index contributed by atoms with van der Waals surface area (Å²) < 4.78 is 0. The van der Waals surface area contributed by atoms with E-state index in [-0.39, 0.29) is 5.54 Å². The third-order valence-electron chi connectivity index (χ3n) is 5.75. The standard InChI is InChI=1S/C19H29ClN2/c1-21-19(16-11-5-6-12-17(16)20)14-8-7-13-18(19)22-15-9-3-2-4-10-15/h5-6,11-12,15,18,21-22H,2-4,7-10,13-14H2,1H3/t18-,19-/m1/s1. The van der Waals surface area contributed by atoms with Crippen molar-refractivity contribution >= 4 is 11.6 Å². The third-order valence-corrected chi connectivity index (χ3v) is 6.08. The van der Waals surface area contributed by atoms with E-state index in [0.29, 0.717) is 12.1 Å². The maximum absolute atomic E-state index is 6.57. The second-order valence-corrected chi connectivity index (χ2v) is 7.41. The minimum atomic E-state index is -0.0198. The highest BCUT2D eigenvalue weighted by Gasteiger charge is 2.42. The fraction of sp³-hybridized carbons (Fsp3) is 0.684. The van der Waals surface area contributed by atoms with E-state index in [0.717, 1.165) is 11.4 Å². The second-order valence-electron chi connectivity index (χ2n) is 7.00. The number of benzene rings is 1. The minimum Gasteiger partial charge on any atom is -0.309 e. The van der Waals surface area contributed by atoms with Crippen LogP contribution in [0.15, 0.2) is 24.3 Å². The van der Waals surface area contributed by atoms with Crippen LogP contribution in [0.5, 0.6) is 0 Å². The fourth-order valence-electron chi connectivity index (χ4n) is 4.53. The van der Waals surface area contributed by atoms with Gasteiger partial charge in [-0.1, -0.05) is 61.9 Å². The zero-order chi connectivity index (χ0) is 15.4. The summed E-state index contributed by atoms with van der Waals surface area (Å²) in [5.41, 5.74) is 1.25. The van der Waals surface area contributed by atoms with Crippen LogP contribution in [0.3, 0.4) is 0 Å². The van der Waals surface area contributed by atoms with E-state index in [1.807, 2.05) is 12.1 Å². The van der Waals surface area contributed by atoms with Gasteiger partial charge in [0.2, 0.25) is 0 Å². The Balaban J connectivity index is 1.86.